The molecule has 0 fully saturated rings. The van der Waals surface area contributed by atoms with Gasteiger partial charge in [0.15, 0.2) is 5.82 Å². The molecule has 0 unspecified atom stereocenters. The molecule has 114 valence electrons. The van der Waals surface area contributed by atoms with Gasteiger partial charge in [-0.1, -0.05) is 22.9 Å². The average molecular weight is 371 g/mol. The fraction of sp³-hybridized carbons (Fsp3) is 0.429. The molecule has 7 heteroatoms. The van der Waals surface area contributed by atoms with Crippen LogP contribution in [0.5, 0.6) is 5.75 Å². The lowest BCUT2D eigenvalue weighted by molar-refractivity contribution is 0.240. The maximum atomic E-state index is 5.84. The number of hydrogen-bond donors (Lipinski definition) is 2. The lowest BCUT2D eigenvalue weighted by atomic mass is 10.2. The number of ether oxygens (including phenoxy) is 1. The van der Waals surface area contributed by atoms with E-state index in [-0.39, 0.29) is 6.10 Å². The van der Waals surface area contributed by atoms with Crippen molar-refractivity contribution >= 4 is 28.1 Å². The summed E-state index contributed by atoms with van der Waals surface area (Å²) in [6, 6.07) is 5.98. The number of aromatic amines is 1. The molecule has 5 nitrogen and oxygen atoms in total. The van der Waals surface area contributed by atoms with E-state index in [9.17, 15) is 0 Å². The van der Waals surface area contributed by atoms with Crippen molar-refractivity contribution in [2.45, 2.75) is 39.8 Å². The Balaban J connectivity index is 2.21. The predicted octanol–water partition coefficient (Wildman–Crippen LogP) is 3.80. The largest absolute Gasteiger partial charge is 0.491 e. The summed E-state index contributed by atoms with van der Waals surface area (Å²) in [6.45, 7) is 6.67. The van der Waals surface area contributed by atoms with E-state index in [1.54, 1.807) is 4.68 Å². The van der Waals surface area contributed by atoms with Gasteiger partial charge in [0, 0.05) is 16.5 Å². The van der Waals surface area contributed by atoms with Gasteiger partial charge in [0.2, 0.25) is 4.77 Å². The number of halogens is 1. The van der Waals surface area contributed by atoms with E-state index >= 15 is 0 Å². The zero-order valence-electron chi connectivity index (χ0n) is 12.3. The van der Waals surface area contributed by atoms with Gasteiger partial charge in [0.25, 0.3) is 0 Å². The Morgan fingerprint density at radius 2 is 2.24 bits per heavy atom. The molecule has 1 aromatic carbocycles. The molecule has 0 saturated heterocycles. The summed E-state index contributed by atoms with van der Waals surface area (Å²) in [5.41, 5.74) is 4.35. The van der Waals surface area contributed by atoms with Crippen LogP contribution in [0.1, 0.15) is 32.2 Å². The molecular weight excluding hydrogens is 352 g/mol. The quantitative estimate of drug-likeness (QED) is 0.759. The van der Waals surface area contributed by atoms with Gasteiger partial charge in [-0.25, -0.2) is 4.68 Å². The number of rotatable bonds is 6. The van der Waals surface area contributed by atoms with Gasteiger partial charge in [0.05, 0.1) is 12.6 Å². The lowest BCUT2D eigenvalue weighted by Gasteiger charge is -2.16. The van der Waals surface area contributed by atoms with Gasteiger partial charge >= 0.3 is 0 Å². The summed E-state index contributed by atoms with van der Waals surface area (Å²) in [5.74, 6) is 1.75. The van der Waals surface area contributed by atoms with Crippen molar-refractivity contribution in [1.82, 2.24) is 14.9 Å². The van der Waals surface area contributed by atoms with Gasteiger partial charge in [-0.15, -0.1) is 0 Å². The molecular formula is C14H19BrN4OS. The first-order chi connectivity index (χ1) is 10.0. The van der Waals surface area contributed by atoms with E-state index in [0.29, 0.717) is 11.3 Å². The summed E-state index contributed by atoms with van der Waals surface area (Å²) < 4.78 is 9.22. The van der Waals surface area contributed by atoms with E-state index in [1.807, 2.05) is 39.0 Å². The Morgan fingerprint density at radius 1 is 1.48 bits per heavy atom. The highest BCUT2D eigenvalue weighted by molar-refractivity contribution is 9.10. The number of H-pyrrole nitrogens is 1. The van der Waals surface area contributed by atoms with Gasteiger partial charge in [0.1, 0.15) is 5.75 Å². The van der Waals surface area contributed by atoms with Crippen LogP contribution in [0.2, 0.25) is 0 Å². The highest BCUT2D eigenvalue weighted by Crippen LogP contribution is 2.24. The number of benzene rings is 1. The SMILES string of the molecule is CCc1n[nH]c(=S)n1NCc1cc(Br)ccc1OC(C)C. The molecule has 0 radical (unpaired) electrons. The third-order valence-corrected chi connectivity index (χ3v) is 3.64. The third kappa shape index (κ3) is 4.07. The molecule has 2 rings (SSSR count). The van der Waals surface area contributed by atoms with Crippen molar-refractivity contribution in [3.8, 4) is 5.75 Å². The molecule has 0 aliphatic heterocycles. The second-order valence-electron chi connectivity index (χ2n) is 4.89. The van der Waals surface area contributed by atoms with Crippen molar-refractivity contribution in [3.05, 3.63) is 38.8 Å². The summed E-state index contributed by atoms with van der Waals surface area (Å²) in [6.07, 6.45) is 0.931. The number of aromatic nitrogens is 3. The second kappa shape index (κ2) is 7.09. The molecule has 2 N–H and O–H groups in total. The Kier molecular flexibility index (Phi) is 5.41. The molecule has 0 saturated carbocycles. The fourth-order valence-electron chi connectivity index (χ4n) is 1.95. The fourth-order valence-corrected chi connectivity index (χ4v) is 2.57. The minimum atomic E-state index is 0.132. The van der Waals surface area contributed by atoms with E-state index < -0.39 is 0 Å². The molecule has 0 amide bonds. The third-order valence-electron chi connectivity index (χ3n) is 2.87. The van der Waals surface area contributed by atoms with Crippen molar-refractivity contribution in [2.24, 2.45) is 0 Å². The molecule has 21 heavy (non-hydrogen) atoms. The van der Waals surface area contributed by atoms with Crippen molar-refractivity contribution in [2.75, 3.05) is 5.43 Å². The zero-order valence-corrected chi connectivity index (χ0v) is 14.7. The number of aryl methyl sites for hydroxylation is 1. The molecule has 0 bridgehead atoms. The summed E-state index contributed by atoms with van der Waals surface area (Å²) in [7, 11) is 0. The minimum absolute atomic E-state index is 0.132. The second-order valence-corrected chi connectivity index (χ2v) is 6.19. The van der Waals surface area contributed by atoms with Gasteiger partial charge < -0.3 is 10.2 Å². The van der Waals surface area contributed by atoms with Crippen LogP contribution < -0.4 is 10.2 Å². The first kappa shape index (κ1) is 16.0. The van der Waals surface area contributed by atoms with Crippen LogP contribution >= 0.6 is 28.1 Å². The smallest absolute Gasteiger partial charge is 0.214 e. The van der Waals surface area contributed by atoms with Crippen molar-refractivity contribution < 1.29 is 4.74 Å². The van der Waals surface area contributed by atoms with Crippen LogP contribution in [0.15, 0.2) is 22.7 Å². The molecule has 0 aliphatic rings. The topological polar surface area (TPSA) is 54.9 Å². The van der Waals surface area contributed by atoms with Crippen LogP contribution in [-0.4, -0.2) is 21.0 Å². The molecule has 0 spiro atoms. The zero-order chi connectivity index (χ0) is 15.4. The monoisotopic (exact) mass is 370 g/mol. The molecule has 1 aromatic heterocycles. The maximum Gasteiger partial charge on any atom is 0.214 e. The van der Waals surface area contributed by atoms with Crippen LogP contribution in [0, 0.1) is 4.77 Å². The predicted molar refractivity (Wildman–Crippen MR) is 89.8 cm³/mol. The Hall–Kier alpha value is -1.34. The van der Waals surface area contributed by atoms with Crippen molar-refractivity contribution in [3.63, 3.8) is 0 Å². The van der Waals surface area contributed by atoms with Crippen LogP contribution in [0.4, 0.5) is 0 Å². The molecule has 1 heterocycles. The maximum absolute atomic E-state index is 5.84. The molecule has 0 aliphatic carbocycles. The van der Waals surface area contributed by atoms with E-state index in [1.165, 1.54) is 0 Å². The Bertz CT molecular complexity index is 665. The average Bonchev–Trinajstić information content (AvgIpc) is 2.79. The van der Waals surface area contributed by atoms with Gasteiger partial charge in [-0.05, 0) is 44.3 Å². The van der Waals surface area contributed by atoms with Crippen LogP contribution in [0.3, 0.4) is 0 Å². The standard InChI is InChI=1S/C14H19BrN4OS/c1-4-13-17-18-14(21)19(13)16-8-10-7-11(15)5-6-12(10)20-9(2)3/h5-7,9,16H,4,8H2,1-3H3,(H,18,21). The van der Waals surface area contributed by atoms with Gasteiger partial charge in [-0.2, -0.15) is 5.10 Å². The number of hydrogen-bond acceptors (Lipinski definition) is 4. The van der Waals surface area contributed by atoms with Crippen molar-refractivity contribution in [1.29, 1.82) is 0 Å². The highest BCUT2D eigenvalue weighted by Gasteiger charge is 2.08. The van der Waals surface area contributed by atoms with E-state index in [4.69, 9.17) is 17.0 Å². The summed E-state index contributed by atoms with van der Waals surface area (Å²) >= 11 is 8.72. The number of nitrogens with one attached hydrogen (secondary N) is 2. The summed E-state index contributed by atoms with van der Waals surface area (Å²) in [4.78, 5) is 0. The highest BCUT2D eigenvalue weighted by atomic mass is 79.9. The lowest BCUT2D eigenvalue weighted by Crippen LogP contribution is -2.18. The summed E-state index contributed by atoms with van der Waals surface area (Å²) in [5, 5.41) is 6.97. The Labute approximate surface area is 137 Å². The van der Waals surface area contributed by atoms with Crippen LogP contribution in [0.25, 0.3) is 0 Å². The normalized spacial score (nSPS) is 10.9. The molecule has 2 aromatic rings. The Morgan fingerprint density at radius 3 is 2.90 bits per heavy atom. The number of nitrogens with zero attached hydrogens (tertiary/aromatic N) is 2. The van der Waals surface area contributed by atoms with Gasteiger partial charge in [-0.3, -0.25) is 5.10 Å². The van der Waals surface area contributed by atoms with Crippen LogP contribution in [-0.2, 0) is 13.0 Å². The minimum Gasteiger partial charge on any atom is -0.491 e. The van der Waals surface area contributed by atoms with E-state index in [2.05, 4.69) is 31.6 Å². The molecule has 0 atom stereocenters. The first-order valence-corrected chi connectivity index (χ1v) is 8.06. The first-order valence-electron chi connectivity index (χ1n) is 6.86. The van der Waals surface area contributed by atoms with E-state index in [0.717, 1.165) is 28.0 Å².